The molecule has 0 radical (unpaired) electrons. The molecule has 0 unspecified atom stereocenters. The Hall–Kier alpha value is -1.68. The van der Waals surface area contributed by atoms with Crippen LogP contribution >= 0.6 is 11.8 Å². The molecule has 0 spiro atoms. The summed E-state index contributed by atoms with van der Waals surface area (Å²) in [7, 11) is 0. The summed E-state index contributed by atoms with van der Waals surface area (Å²) in [5, 5.41) is 0.828. The van der Waals surface area contributed by atoms with E-state index in [1.807, 2.05) is 52.8 Å². The molecule has 1 heterocycles. The Kier molecular flexibility index (Phi) is 6.39. The van der Waals surface area contributed by atoms with Gasteiger partial charge in [-0.2, -0.15) is 0 Å². The molecule has 0 aliphatic carbocycles. The lowest BCUT2D eigenvalue weighted by atomic mass is 10.3. The van der Waals surface area contributed by atoms with Gasteiger partial charge in [-0.15, -0.1) is 0 Å². The first-order chi connectivity index (χ1) is 9.43. The molecular weight excluding hydrogens is 266 g/mol. The number of aliphatic imine (C=N–C) groups is 1. The lowest BCUT2D eigenvalue weighted by molar-refractivity contribution is 1.01. The number of aryl methyl sites for hydroxylation is 1. The molecule has 1 aromatic heterocycles. The Labute approximate surface area is 125 Å². The molecule has 0 aliphatic rings. The number of hydrogen-bond donors (Lipinski definition) is 0. The van der Waals surface area contributed by atoms with Gasteiger partial charge in [0.15, 0.2) is 5.82 Å². The first-order valence-electron chi connectivity index (χ1n) is 6.46. The van der Waals surface area contributed by atoms with Crippen LogP contribution in [0.4, 0.5) is 5.82 Å². The van der Waals surface area contributed by atoms with Gasteiger partial charge in [0.1, 0.15) is 5.03 Å². The summed E-state index contributed by atoms with van der Waals surface area (Å²) < 4.78 is 0. The van der Waals surface area contributed by atoms with Crippen LogP contribution in [0.25, 0.3) is 0 Å². The van der Waals surface area contributed by atoms with Crippen molar-refractivity contribution in [3.63, 3.8) is 0 Å². The van der Waals surface area contributed by atoms with E-state index in [4.69, 9.17) is 0 Å². The van der Waals surface area contributed by atoms with Crippen LogP contribution in [-0.2, 0) is 0 Å². The molecule has 0 aromatic carbocycles. The quantitative estimate of drug-likeness (QED) is 0.433. The summed E-state index contributed by atoms with van der Waals surface area (Å²) in [5.74, 6) is 0.682. The normalized spacial score (nSPS) is 11.8. The van der Waals surface area contributed by atoms with Gasteiger partial charge in [0, 0.05) is 10.6 Å². The van der Waals surface area contributed by atoms with Crippen molar-refractivity contribution < 1.29 is 0 Å². The van der Waals surface area contributed by atoms with Gasteiger partial charge in [0.25, 0.3) is 0 Å². The fourth-order valence-electron chi connectivity index (χ4n) is 1.35. The second kappa shape index (κ2) is 7.80. The van der Waals surface area contributed by atoms with Gasteiger partial charge in [-0.1, -0.05) is 30.5 Å². The lowest BCUT2D eigenvalue weighted by Crippen LogP contribution is -1.91. The third kappa shape index (κ3) is 5.13. The zero-order valence-electron chi connectivity index (χ0n) is 12.8. The summed E-state index contributed by atoms with van der Waals surface area (Å²) in [6.45, 7) is 13.8. The zero-order valence-corrected chi connectivity index (χ0v) is 13.6. The molecule has 0 atom stereocenters. The summed E-state index contributed by atoms with van der Waals surface area (Å²) in [6.07, 6.45) is 7.79. The van der Waals surface area contributed by atoms with Crippen LogP contribution in [0, 0.1) is 6.92 Å². The summed E-state index contributed by atoms with van der Waals surface area (Å²) in [5.41, 5.74) is 2.81. The number of nitrogens with zero attached hydrogens (tertiary/aromatic N) is 3. The van der Waals surface area contributed by atoms with E-state index in [0.29, 0.717) is 5.82 Å². The third-order valence-corrected chi connectivity index (χ3v) is 3.42. The van der Waals surface area contributed by atoms with Crippen LogP contribution in [0.15, 0.2) is 51.5 Å². The molecule has 0 saturated heterocycles. The van der Waals surface area contributed by atoms with Gasteiger partial charge in [0.2, 0.25) is 0 Å². The van der Waals surface area contributed by atoms with Gasteiger partial charge in [-0.3, -0.25) is 4.98 Å². The molecule has 0 saturated carbocycles. The summed E-state index contributed by atoms with van der Waals surface area (Å²) in [6, 6.07) is 0. The Bertz CT molecular complexity index is 579. The van der Waals surface area contributed by atoms with E-state index in [0.717, 1.165) is 26.9 Å². The predicted molar refractivity (Wildman–Crippen MR) is 88.8 cm³/mol. The van der Waals surface area contributed by atoms with Gasteiger partial charge in [-0.25, -0.2) is 9.98 Å². The highest BCUT2D eigenvalue weighted by atomic mass is 32.2. The van der Waals surface area contributed by atoms with Gasteiger partial charge >= 0.3 is 0 Å². The Morgan fingerprint density at radius 1 is 1.35 bits per heavy atom. The predicted octanol–water partition coefficient (Wildman–Crippen LogP) is 5.03. The second-order valence-electron chi connectivity index (χ2n) is 4.62. The number of thioether (sulfide) groups is 1. The van der Waals surface area contributed by atoms with E-state index in [-0.39, 0.29) is 0 Å². The van der Waals surface area contributed by atoms with Crippen molar-refractivity contribution in [2.24, 2.45) is 4.99 Å². The van der Waals surface area contributed by atoms with Crippen molar-refractivity contribution >= 4 is 23.3 Å². The van der Waals surface area contributed by atoms with E-state index < -0.39 is 0 Å². The van der Waals surface area contributed by atoms with Crippen molar-refractivity contribution in [3.05, 3.63) is 47.2 Å². The van der Waals surface area contributed by atoms with Crippen LogP contribution in [-0.4, -0.2) is 15.7 Å². The Balaban J connectivity index is 3.09. The van der Waals surface area contributed by atoms with E-state index >= 15 is 0 Å². The maximum absolute atomic E-state index is 4.55. The van der Waals surface area contributed by atoms with Gasteiger partial charge in [0.05, 0.1) is 11.9 Å². The van der Waals surface area contributed by atoms with Crippen molar-refractivity contribution in [3.8, 4) is 0 Å². The minimum Gasteiger partial charge on any atom is -0.255 e. The maximum atomic E-state index is 4.55. The number of allylic oxidation sites excluding steroid dienone is 4. The van der Waals surface area contributed by atoms with Crippen LogP contribution < -0.4 is 0 Å². The molecule has 0 N–H and O–H groups in total. The van der Waals surface area contributed by atoms with Crippen molar-refractivity contribution in [1.82, 2.24) is 9.97 Å². The third-order valence-electron chi connectivity index (χ3n) is 2.31. The maximum Gasteiger partial charge on any atom is 0.174 e. The zero-order chi connectivity index (χ0) is 15.1. The average molecular weight is 287 g/mol. The Morgan fingerprint density at radius 2 is 2.05 bits per heavy atom. The largest absolute Gasteiger partial charge is 0.255 e. The first kappa shape index (κ1) is 16.4. The monoisotopic (exact) mass is 287 g/mol. The smallest absolute Gasteiger partial charge is 0.174 e. The number of rotatable bonds is 5. The van der Waals surface area contributed by atoms with Crippen molar-refractivity contribution in [2.45, 2.75) is 39.6 Å². The van der Waals surface area contributed by atoms with E-state index in [9.17, 15) is 0 Å². The van der Waals surface area contributed by atoms with Crippen molar-refractivity contribution in [2.75, 3.05) is 0 Å². The number of aromatic nitrogens is 2. The minimum absolute atomic E-state index is 0.682. The highest BCUT2D eigenvalue weighted by molar-refractivity contribution is 8.03. The highest BCUT2D eigenvalue weighted by Crippen LogP contribution is 2.30. The SMILES string of the molecule is C=C(C)/C(=C\C=C/C)Sc1cnc(C)c(N=C(C)C)n1. The fraction of sp³-hybridized carbons (Fsp3) is 0.312. The highest BCUT2D eigenvalue weighted by Gasteiger charge is 2.06. The van der Waals surface area contributed by atoms with Crippen LogP contribution in [0.3, 0.4) is 0 Å². The molecule has 0 amide bonds. The summed E-state index contributed by atoms with van der Waals surface area (Å²) in [4.78, 5) is 14.4. The molecule has 1 aromatic rings. The molecule has 4 heteroatoms. The van der Waals surface area contributed by atoms with Crippen LogP contribution in [0.2, 0.25) is 0 Å². The molecule has 106 valence electrons. The first-order valence-corrected chi connectivity index (χ1v) is 7.28. The van der Waals surface area contributed by atoms with Gasteiger partial charge in [-0.05, 0) is 46.3 Å². The molecule has 20 heavy (non-hydrogen) atoms. The average Bonchev–Trinajstić information content (AvgIpc) is 2.37. The summed E-state index contributed by atoms with van der Waals surface area (Å²) >= 11 is 1.55. The van der Waals surface area contributed by atoms with Crippen LogP contribution in [0.1, 0.15) is 33.4 Å². The van der Waals surface area contributed by atoms with Crippen molar-refractivity contribution in [1.29, 1.82) is 0 Å². The molecule has 0 aliphatic heterocycles. The fourth-order valence-corrected chi connectivity index (χ4v) is 2.13. The molecule has 1 rings (SSSR count). The van der Waals surface area contributed by atoms with E-state index in [1.54, 1.807) is 18.0 Å². The Morgan fingerprint density at radius 3 is 2.60 bits per heavy atom. The van der Waals surface area contributed by atoms with E-state index in [2.05, 4.69) is 21.5 Å². The molecule has 3 nitrogen and oxygen atoms in total. The van der Waals surface area contributed by atoms with Gasteiger partial charge < -0.3 is 0 Å². The molecular formula is C16H21N3S. The van der Waals surface area contributed by atoms with E-state index in [1.165, 1.54) is 0 Å². The standard InChI is InChI=1S/C16H21N3S/c1-7-8-9-14(11(2)3)20-15-10-17-13(6)16(19-15)18-12(4)5/h7-10H,2H2,1,3-6H3/b8-7-,14-9+. The molecule has 0 bridgehead atoms. The second-order valence-corrected chi connectivity index (χ2v) is 5.68. The number of hydrogen-bond acceptors (Lipinski definition) is 4. The minimum atomic E-state index is 0.682. The topological polar surface area (TPSA) is 38.1 Å². The lowest BCUT2D eigenvalue weighted by Gasteiger charge is -2.07. The van der Waals surface area contributed by atoms with Crippen LogP contribution in [0.5, 0.6) is 0 Å². The molecule has 0 fully saturated rings.